The first kappa shape index (κ1) is 11.6. The molecule has 0 aliphatic heterocycles. The van der Waals surface area contributed by atoms with E-state index in [1.807, 2.05) is 5.38 Å². The van der Waals surface area contributed by atoms with Crippen LogP contribution in [0, 0.1) is 0 Å². The molecule has 5 nitrogen and oxygen atoms in total. The van der Waals surface area contributed by atoms with Crippen LogP contribution in [0.3, 0.4) is 0 Å². The Bertz CT molecular complexity index is 337. The molecule has 0 aromatic carbocycles. The number of carbonyl (C=O) groups excluding carboxylic acids is 1. The quantitative estimate of drug-likeness (QED) is 0.815. The predicted molar refractivity (Wildman–Crippen MR) is 55.5 cm³/mol. The van der Waals surface area contributed by atoms with Crippen molar-refractivity contribution in [2.75, 3.05) is 7.05 Å². The van der Waals surface area contributed by atoms with E-state index in [1.165, 1.54) is 16.2 Å². The molecule has 1 N–H and O–H groups in total. The van der Waals surface area contributed by atoms with Crippen LogP contribution in [0.25, 0.3) is 0 Å². The second-order valence-electron chi connectivity index (χ2n) is 3.12. The summed E-state index contributed by atoms with van der Waals surface area (Å²) < 4.78 is 0. The van der Waals surface area contributed by atoms with Gasteiger partial charge in [0.05, 0.1) is 24.2 Å². The fourth-order valence-electron chi connectivity index (χ4n) is 1.05. The van der Waals surface area contributed by atoms with Crippen molar-refractivity contribution >= 4 is 23.2 Å². The van der Waals surface area contributed by atoms with Gasteiger partial charge in [-0.1, -0.05) is 0 Å². The van der Waals surface area contributed by atoms with Crippen LogP contribution in [-0.2, 0) is 16.1 Å². The van der Waals surface area contributed by atoms with Gasteiger partial charge < -0.3 is 10.0 Å². The highest BCUT2D eigenvalue weighted by atomic mass is 32.1. The first-order valence-corrected chi connectivity index (χ1v) is 5.36. The van der Waals surface area contributed by atoms with Gasteiger partial charge in [0.25, 0.3) is 0 Å². The van der Waals surface area contributed by atoms with E-state index in [9.17, 15) is 9.59 Å². The Kier molecular flexibility index (Phi) is 4.23. The lowest BCUT2D eigenvalue weighted by Crippen LogP contribution is -2.26. The number of carboxylic acids is 1. The van der Waals surface area contributed by atoms with Crippen LogP contribution >= 0.6 is 11.3 Å². The third-order valence-electron chi connectivity index (χ3n) is 1.86. The average Bonchev–Trinajstić information content (AvgIpc) is 2.66. The Morgan fingerprint density at radius 2 is 2.27 bits per heavy atom. The maximum Gasteiger partial charge on any atom is 0.303 e. The minimum Gasteiger partial charge on any atom is -0.481 e. The maximum atomic E-state index is 11.4. The van der Waals surface area contributed by atoms with Gasteiger partial charge in [0.2, 0.25) is 5.91 Å². The first-order chi connectivity index (χ1) is 7.09. The summed E-state index contributed by atoms with van der Waals surface area (Å²) >= 11 is 1.47. The number of rotatable bonds is 5. The van der Waals surface area contributed by atoms with Gasteiger partial charge in [-0.15, -0.1) is 11.3 Å². The van der Waals surface area contributed by atoms with E-state index in [2.05, 4.69) is 4.98 Å². The van der Waals surface area contributed by atoms with Crippen molar-refractivity contribution in [2.45, 2.75) is 19.4 Å². The van der Waals surface area contributed by atoms with Crippen LogP contribution in [0.4, 0.5) is 0 Å². The van der Waals surface area contributed by atoms with E-state index in [1.54, 1.807) is 12.6 Å². The number of nitrogens with zero attached hydrogens (tertiary/aromatic N) is 2. The third kappa shape index (κ3) is 4.07. The second-order valence-corrected chi connectivity index (χ2v) is 3.84. The molecule has 0 fully saturated rings. The summed E-state index contributed by atoms with van der Waals surface area (Å²) in [5, 5.41) is 10.3. The number of aromatic nitrogens is 1. The molecule has 0 unspecified atom stereocenters. The minimum atomic E-state index is -0.953. The van der Waals surface area contributed by atoms with Gasteiger partial charge in [-0.3, -0.25) is 9.59 Å². The number of carbonyl (C=O) groups is 2. The number of hydrogen-bond acceptors (Lipinski definition) is 4. The molecule has 15 heavy (non-hydrogen) atoms. The topological polar surface area (TPSA) is 70.5 Å². The molecule has 0 radical (unpaired) electrons. The Labute approximate surface area is 91.4 Å². The molecule has 0 aliphatic carbocycles. The zero-order valence-electron chi connectivity index (χ0n) is 8.34. The van der Waals surface area contributed by atoms with E-state index in [4.69, 9.17) is 5.11 Å². The number of amides is 1. The molecule has 0 atom stereocenters. The summed E-state index contributed by atoms with van der Waals surface area (Å²) in [6.07, 6.45) is -0.0871. The van der Waals surface area contributed by atoms with Gasteiger partial charge in [0.15, 0.2) is 0 Å². The van der Waals surface area contributed by atoms with E-state index < -0.39 is 5.97 Å². The minimum absolute atomic E-state index is 0.0377. The Hall–Kier alpha value is -1.43. The third-order valence-corrected chi connectivity index (χ3v) is 2.50. The van der Waals surface area contributed by atoms with Crippen LogP contribution in [0.1, 0.15) is 18.5 Å². The molecule has 0 saturated carbocycles. The highest BCUT2D eigenvalue weighted by Crippen LogP contribution is 2.05. The summed E-state index contributed by atoms with van der Waals surface area (Å²) in [6.45, 7) is 0.432. The summed E-state index contributed by atoms with van der Waals surface area (Å²) in [5.41, 5.74) is 2.52. The second kappa shape index (κ2) is 5.45. The molecular weight excluding hydrogens is 216 g/mol. The number of aliphatic carboxylic acids is 1. The maximum absolute atomic E-state index is 11.4. The van der Waals surface area contributed by atoms with Gasteiger partial charge in [-0.05, 0) is 0 Å². The van der Waals surface area contributed by atoms with E-state index in [0.29, 0.717) is 6.54 Å². The number of carboxylic acid groups (broad SMARTS) is 1. The van der Waals surface area contributed by atoms with Crippen LogP contribution in [0.2, 0.25) is 0 Å². The summed E-state index contributed by atoms with van der Waals surface area (Å²) in [5.74, 6) is -1.13. The van der Waals surface area contributed by atoms with Crippen molar-refractivity contribution in [3.05, 3.63) is 16.6 Å². The lowest BCUT2D eigenvalue weighted by Gasteiger charge is -2.14. The Morgan fingerprint density at radius 3 is 2.80 bits per heavy atom. The van der Waals surface area contributed by atoms with Crippen LogP contribution in [0.5, 0.6) is 0 Å². The lowest BCUT2D eigenvalue weighted by molar-refractivity contribution is -0.140. The highest BCUT2D eigenvalue weighted by Gasteiger charge is 2.11. The van der Waals surface area contributed by atoms with Gasteiger partial charge in [-0.25, -0.2) is 4.98 Å². The van der Waals surface area contributed by atoms with Gasteiger partial charge in [-0.2, -0.15) is 0 Å². The van der Waals surface area contributed by atoms with Crippen molar-refractivity contribution in [2.24, 2.45) is 0 Å². The monoisotopic (exact) mass is 228 g/mol. The standard InChI is InChI=1S/C9H12N2O3S/c1-11(4-7-5-15-6-10-7)8(12)2-3-9(13)14/h5-6H,2-4H2,1H3,(H,13,14). The molecule has 6 heteroatoms. The van der Waals surface area contributed by atoms with Crippen molar-refractivity contribution in [1.29, 1.82) is 0 Å². The SMILES string of the molecule is CN(Cc1cscn1)C(=O)CCC(=O)O. The van der Waals surface area contributed by atoms with Crippen LogP contribution in [-0.4, -0.2) is 33.9 Å². The van der Waals surface area contributed by atoms with Crippen LogP contribution in [0.15, 0.2) is 10.9 Å². The molecule has 1 amide bonds. The molecule has 0 bridgehead atoms. The fourth-order valence-corrected chi connectivity index (χ4v) is 1.60. The summed E-state index contributed by atoms with van der Waals surface area (Å²) in [7, 11) is 1.64. The van der Waals surface area contributed by atoms with Crippen molar-refractivity contribution in [1.82, 2.24) is 9.88 Å². The molecule has 82 valence electrons. The Morgan fingerprint density at radius 1 is 1.53 bits per heavy atom. The number of hydrogen-bond donors (Lipinski definition) is 1. The zero-order chi connectivity index (χ0) is 11.3. The summed E-state index contributed by atoms with van der Waals surface area (Å²) in [4.78, 5) is 27.2. The highest BCUT2D eigenvalue weighted by molar-refractivity contribution is 7.07. The number of thiazole rings is 1. The van der Waals surface area contributed by atoms with E-state index in [0.717, 1.165) is 5.69 Å². The van der Waals surface area contributed by atoms with E-state index in [-0.39, 0.29) is 18.7 Å². The molecule has 1 aromatic heterocycles. The largest absolute Gasteiger partial charge is 0.481 e. The molecule has 1 aromatic rings. The fraction of sp³-hybridized carbons (Fsp3) is 0.444. The van der Waals surface area contributed by atoms with Gasteiger partial charge in [0.1, 0.15) is 0 Å². The first-order valence-electron chi connectivity index (χ1n) is 4.42. The molecule has 0 aliphatic rings. The molecular formula is C9H12N2O3S. The summed E-state index contributed by atoms with van der Waals surface area (Å²) in [6, 6.07) is 0. The molecule has 1 heterocycles. The molecule has 0 spiro atoms. The normalized spacial score (nSPS) is 9.93. The average molecular weight is 228 g/mol. The smallest absolute Gasteiger partial charge is 0.303 e. The Balaban J connectivity index is 2.36. The van der Waals surface area contributed by atoms with E-state index >= 15 is 0 Å². The van der Waals surface area contributed by atoms with Crippen LogP contribution < -0.4 is 0 Å². The molecule has 1 rings (SSSR count). The predicted octanol–water partition coefficient (Wildman–Crippen LogP) is 0.966. The van der Waals surface area contributed by atoms with Gasteiger partial charge >= 0.3 is 5.97 Å². The van der Waals surface area contributed by atoms with Crippen molar-refractivity contribution < 1.29 is 14.7 Å². The van der Waals surface area contributed by atoms with Crippen molar-refractivity contribution in [3.8, 4) is 0 Å². The van der Waals surface area contributed by atoms with Gasteiger partial charge in [0, 0.05) is 18.8 Å². The van der Waals surface area contributed by atoms with Crippen molar-refractivity contribution in [3.63, 3.8) is 0 Å². The zero-order valence-corrected chi connectivity index (χ0v) is 9.16. The lowest BCUT2D eigenvalue weighted by atomic mass is 10.3. The molecule has 0 saturated heterocycles.